The van der Waals surface area contributed by atoms with Crippen molar-refractivity contribution in [1.29, 1.82) is 0 Å². The number of likely N-dealkylation sites (tertiary alicyclic amines) is 2. The Morgan fingerprint density at radius 1 is 1.08 bits per heavy atom. The van der Waals surface area contributed by atoms with Gasteiger partial charge in [0.05, 0.1) is 13.0 Å². The van der Waals surface area contributed by atoms with E-state index in [0.717, 1.165) is 50.6 Å². The third-order valence-corrected chi connectivity index (χ3v) is 6.84. The Bertz CT molecular complexity index is 606. The van der Waals surface area contributed by atoms with E-state index in [1.807, 2.05) is 30.3 Å². The first-order chi connectivity index (χ1) is 12.7. The molecule has 1 aliphatic carbocycles. The van der Waals surface area contributed by atoms with Crippen LogP contribution in [0.2, 0.25) is 0 Å². The maximum atomic E-state index is 12.6. The number of rotatable bonds is 6. The van der Waals surface area contributed by atoms with E-state index in [-0.39, 0.29) is 11.4 Å². The van der Waals surface area contributed by atoms with Gasteiger partial charge in [-0.2, -0.15) is 0 Å². The lowest BCUT2D eigenvalue weighted by atomic mass is 9.85. The second-order valence-corrected chi connectivity index (χ2v) is 8.55. The second kappa shape index (κ2) is 7.69. The number of carbonyl (C=O) groups is 1. The maximum absolute atomic E-state index is 12.6. The fourth-order valence-corrected chi connectivity index (χ4v) is 4.70. The summed E-state index contributed by atoms with van der Waals surface area (Å²) >= 11 is 0. The van der Waals surface area contributed by atoms with E-state index < -0.39 is 0 Å². The van der Waals surface area contributed by atoms with E-state index in [1.165, 1.54) is 25.7 Å². The first-order valence-electron chi connectivity index (χ1n) is 10.3. The topological polar surface area (TPSA) is 32.8 Å². The number of ether oxygens (including phenoxy) is 1. The minimum absolute atomic E-state index is 0.274. The zero-order valence-electron chi connectivity index (χ0n) is 16.0. The van der Waals surface area contributed by atoms with E-state index in [0.29, 0.717) is 12.5 Å². The van der Waals surface area contributed by atoms with Crippen molar-refractivity contribution in [3.63, 3.8) is 0 Å². The van der Waals surface area contributed by atoms with Crippen molar-refractivity contribution in [1.82, 2.24) is 9.80 Å². The Labute approximate surface area is 157 Å². The Hall–Kier alpha value is -1.39. The van der Waals surface area contributed by atoms with Crippen molar-refractivity contribution >= 4 is 5.91 Å². The molecule has 3 fully saturated rings. The molecule has 0 radical (unpaired) electrons. The lowest BCUT2D eigenvalue weighted by Crippen LogP contribution is -2.54. The van der Waals surface area contributed by atoms with Crippen LogP contribution in [0.5, 0.6) is 0 Å². The molecule has 142 valence electrons. The summed E-state index contributed by atoms with van der Waals surface area (Å²) in [5, 5.41) is 0. The first-order valence-corrected chi connectivity index (χ1v) is 10.3. The highest BCUT2D eigenvalue weighted by atomic mass is 16.5. The Morgan fingerprint density at radius 2 is 1.81 bits per heavy atom. The average Bonchev–Trinajstić information content (AvgIpc) is 3.44. The molecule has 0 aromatic heterocycles. The van der Waals surface area contributed by atoms with E-state index >= 15 is 0 Å². The summed E-state index contributed by atoms with van der Waals surface area (Å²) in [7, 11) is 2.28. The average molecular weight is 357 g/mol. The minimum atomic E-state index is 0.274. The molecule has 0 unspecified atom stereocenters. The van der Waals surface area contributed by atoms with E-state index in [1.54, 1.807) is 0 Å². The molecular formula is C22H32N2O2. The summed E-state index contributed by atoms with van der Waals surface area (Å²) in [5.41, 5.74) is 1.40. The Kier molecular flexibility index (Phi) is 5.32. The number of carbonyl (C=O) groups excluding carboxylic acids is 1. The SMILES string of the molecule is CN1[C@@H](COCC2CC2)CCC12CCN(C(=O)Cc1ccccc1)CC2. The zero-order valence-corrected chi connectivity index (χ0v) is 16.0. The fourth-order valence-electron chi connectivity index (χ4n) is 4.70. The summed E-state index contributed by atoms with van der Waals surface area (Å²) in [6, 6.07) is 10.7. The van der Waals surface area contributed by atoms with Gasteiger partial charge in [-0.3, -0.25) is 9.69 Å². The third-order valence-electron chi connectivity index (χ3n) is 6.84. The molecule has 2 saturated heterocycles. The predicted molar refractivity (Wildman–Crippen MR) is 103 cm³/mol. The lowest BCUT2D eigenvalue weighted by Gasteiger charge is -2.45. The molecule has 3 aliphatic rings. The first kappa shape index (κ1) is 18.0. The molecule has 2 aliphatic heterocycles. The van der Waals surface area contributed by atoms with E-state index in [2.05, 4.69) is 16.8 Å². The standard InChI is InChI=1S/C22H32N2O2/c1-23-20(17-26-16-19-7-8-19)9-10-22(23)11-13-24(14-12-22)21(25)15-18-5-3-2-4-6-18/h2-6,19-20H,7-17H2,1H3/t20-/m1/s1. The maximum Gasteiger partial charge on any atom is 0.226 e. The van der Waals surface area contributed by atoms with Gasteiger partial charge in [-0.05, 0) is 57.1 Å². The number of nitrogens with zero attached hydrogens (tertiary/aromatic N) is 2. The number of likely N-dealkylation sites (N-methyl/N-ethyl adjacent to an activating group) is 1. The number of amides is 1. The van der Waals surface area contributed by atoms with Gasteiger partial charge >= 0.3 is 0 Å². The van der Waals surface area contributed by atoms with Crippen molar-refractivity contribution in [2.45, 2.75) is 56.5 Å². The second-order valence-electron chi connectivity index (χ2n) is 8.55. The molecule has 4 heteroatoms. The molecule has 1 amide bonds. The number of benzene rings is 1. The molecule has 1 atom stereocenters. The highest BCUT2D eigenvalue weighted by molar-refractivity contribution is 5.78. The van der Waals surface area contributed by atoms with Crippen LogP contribution in [0.3, 0.4) is 0 Å². The van der Waals surface area contributed by atoms with Gasteiger partial charge in [-0.25, -0.2) is 0 Å². The summed E-state index contributed by atoms with van der Waals surface area (Å²) in [6.45, 7) is 3.63. The van der Waals surface area contributed by atoms with E-state index in [9.17, 15) is 4.79 Å². The van der Waals surface area contributed by atoms with Crippen LogP contribution in [0.1, 0.15) is 44.1 Å². The van der Waals surface area contributed by atoms with Crippen molar-refractivity contribution in [3.05, 3.63) is 35.9 Å². The number of hydrogen-bond donors (Lipinski definition) is 0. The van der Waals surface area contributed by atoms with Crippen LogP contribution < -0.4 is 0 Å². The molecule has 1 aromatic rings. The van der Waals surface area contributed by atoms with Gasteiger partial charge in [0, 0.05) is 31.3 Å². The highest BCUT2D eigenvalue weighted by Crippen LogP contribution is 2.41. The highest BCUT2D eigenvalue weighted by Gasteiger charge is 2.46. The molecule has 1 aromatic carbocycles. The normalized spacial score (nSPS) is 25.7. The fraction of sp³-hybridized carbons (Fsp3) is 0.682. The van der Waals surface area contributed by atoms with Crippen LogP contribution in [0.25, 0.3) is 0 Å². The molecule has 0 bridgehead atoms. The van der Waals surface area contributed by atoms with Crippen molar-refractivity contribution in [2.24, 2.45) is 5.92 Å². The van der Waals surface area contributed by atoms with Crippen LogP contribution in [0, 0.1) is 5.92 Å². The van der Waals surface area contributed by atoms with Gasteiger partial charge < -0.3 is 9.64 Å². The van der Waals surface area contributed by atoms with Crippen LogP contribution in [0.15, 0.2) is 30.3 Å². The van der Waals surface area contributed by atoms with Gasteiger partial charge in [0.2, 0.25) is 5.91 Å². The van der Waals surface area contributed by atoms with Gasteiger partial charge in [-0.15, -0.1) is 0 Å². The summed E-state index contributed by atoms with van der Waals surface area (Å²) < 4.78 is 5.97. The molecule has 4 nitrogen and oxygen atoms in total. The van der Waals surface area contributed by atoms with Gasteiger partial charge in [-0.1, -0.05) is 30.3 Å². The van der Waals surface area contributed by atoms with Gasteiger partial charge in [0.25, 0.3) is 0 Å². The van der Waals surface area contributed by atoms with Crippen LogP contribution in [-0.4, -0.2) is 60.6 Å². The number of hydrogen-bond acceptors (Lipinski definition) is 3. The smallest absolute Gasteiger partial charge is 0.226 e. The van der Waals surface area contributed by atoms with Crippen molar-refractivity contribution in [2.75, 3.05) is 33.4 Å². The molecule has 1 spiro atoms. The quantitative estimate of drug-likeness (QED) is 0.785. The monoisotopic (exact) mass is 356 g/mol. The van der Waals surface area contributed by atoms with E-state index in [4.69, 9.17) is 4.74 Å². The largest absolute Gasteiger partial charge is 0.380 e. The molecule has 4 rings (SSSR count). The molecule has 26 heavy (non-hydrogen) atoms. The van der Waals surface area contributed by atoms with Crippen LogP contribution in [0.4, 0.5) is 0 Å². The number of piperidine rings is 1. The Morgan fingerprint density at radius 3 is 2.50 bits per heavy atom. The molecule has 1 saturated carbocycles. The van der Waals surface area contributed by atoms with Gasteiger partial charge in [0.1, 0.15) is 0 Å². The minimum Gasteiger partial charge on any atom is -0.380 e. The summed E-state index contributed by atoms with van der Waals surface area (Å²) in [5.74, 6) is 1.12. The lowest BCUT2D eigenvalue weighted by molar-refractivity contribution is -0.133. The molecule has 0 N–H and O–H groups in total. The third kappa shape index (κ3) is 3.96. The van der Waals surface area contributed by atoms with Crippen LogP contribution in [-0.2, 0) is 16.0 Å². The summed E-state index contributed by atoms with van der Waals surface area (Å²) in [6.07, 6.45) is 7.93. The van der Waals surface area contributed by atoms with Crippen molar-refractivity contribution < 1.29 is 9.53 Å². The summed E-state index contributed by atoms with van der Waals surface area (Å²) in [4.78, 5) is 17.3. The van der Waals surface area contributed by atoms with Gasteiger partial charge in [0.15, 0.2) is 0 Å². The van der Waals surface area contributed by atoms with Crippen molar-refractivity contribution in [3.8, 4) is 0 Å². The predicted octanol–water partition coefficient (Wildman–Crippen LogP) is 3.11. The molecular weight excluding hydrogens is 324 g/mol. The molecule has 2 heterocycles. The van der Waals surface area contributed by atoms with Crippen LogP contribution >= 0.6 is 0 Å². The zero-order chi connectivity index (χ0) is 18.0. The Balaban J connectivity index is 1.26.